The van der Waals surface area contributed by atoms with Crippen molar-refractivity contribution >= 4 is 16.7 Å². The maximum atomic E-state index is 13.6. The molecule has 5 aromatic rings. The minimum atomic E-state index is -0.416. The van der Waals surface area contributed by atoms with Gasteiger partial charge in [0.1, 0.15) is 11.3 Å². The Labute approximate surface area is 158 Å². The third-order valence-electron chi connectivity index (χ3n) is 4.70. The number of fused-ring (bicyclic) bond motifs is 3. The lowest BCUT2D eigenvalue weighted by Crippen LogP contribution is -2.20. The molecule has 136 valence electrons. The minimum Gasteiger partial charge on any atom is -0.282 e. The van der Waals surface area contributed by atoms with Crippen molar-refractivity contribution < 1.29 is 4.39 Å². The van der Waals surface area contributed by atoms with E-state index in [1.807, 2.05) is 37.3 Å². The molecule has 0 spiro atoms. The molecular formula is C21H14FN5O. The topological polar surface area (TPSA) is 65.1 Å². The normalized spacial score (nSPS) is 11.4. The van der Waals surface area contributed by atoms with Crippen LogP contribution < -0.4 is 5.56 Å². The second-order valence-electron chi connectivity index (χ2n) is 6.47. The van der Waals surface area contributed by atoms with Gasteiger partial charge in [0, 0.05) is 6.20 Å². The zero-order valence-corrected chi connectivity index (χ0v) is 14.9. The van der Waals surface area contributed by atoms with Crippen LogP contribution in [0.2, 0.25) is 0 Å². The van der Waals surface area contributed by atoms with Crippen LogP contribution in [0.15, 0.2) is 71.7 Å². The standard InChI is InChI=1S/C21H14FN5O/c1-13-18(14-6-3-2-4-7-14)20-24-23-19-17(27(20)25-13)10-11-26(21(19)28)16-9-5-8-15(22)12-16/h2-12H,1H3. The Kier molecular flexibility index (Phi) is 3.55. The molecule has 2 aromatic carbocycles. The van der Waals surface area contributed by atoms with E-state index in [0.717, 1.165) is 16.8 Å². The van der Waals surface area contributed by atoms with Crippen LogP contribution in [0, 0.1) is 12.7 Å². The highest BCUT2D eigenvalue weighted by Gasteiger charge is 2.17. The van der Waals surface area contributed by atoms with Crippen LogP contribution in [0.5, 0.6) is 0 Å². The molecule has 5 rings (SSSR count). The highest BCUT2D eigenvalue weighted by Crippen LogP contribution is 2.27. The van der Waals surface area contributed by atoms with Crippen LogP contribution in [0.3, 0.4) is 0 Å². The summed E-state index contributed by atoms with van der Waals surface area (Å²) in [5.74, 6) is -0.416. The van der Waals surface area contributed by atoms with Gasteiger partial charge in [-0.1, -0.05) is 36.4 Å². The molecule has 0 fully saturated rings. The molecule has 0 N–H and O–H groups in total. The van der Waals surface area contributed by atoms with E-state index < -0.39 is 5.82 Å². The second-order valence-corrected chi connectivity index (χ2v) is 6.47. The molecule has 0 saturated carbocycles. The highest BCUT2D eigenvalue weighted by molar-refractivity contribution is 5.84. The summed E-state index contributed by atoms with van der Waals surface area (Å²) in [4.78, 5) is 12.9. The minimum absolute atomic E-state index is 0.168. The van der Waals surface area contributed by atoms with Crippen molar-refractivity contribution in [3.05, 3.63) is 88.7 Å². The first-order valence-corrected chi connectivity index (χ1v) is 8.72. The summed E-state index contributed by atoms with van der Waals surface area (Å²) in [5, 5.41) is 13.0. The van der Waals surface area contributed by atoms with Crippen LogP contribution >= 0.6 is 0 Å². The summed E-state index contributed by atoms with van der Waals surface area (Å²) < 4.78 is 16.5. The smallest absolute Gasteiger partial charge is 0.282 e. The van der Waals surface area contributed by atoms with Gasteiger partial charge in [0.05, 0.1) is 16.9 Å². The summed E-state index contributed by atoms with van der Waals surface area (Å²) in [6, 6.07) is 17.4. The molecule has 0 amide bonds. The number of halogens is 1. The molecule has 6 nitrogen and oxygen atoms in total. The van der Waals surface area contributed by atoms with E-state index in [2.05, 4.69) is 15.3 Å². The van der Waals surface area contributed by atoms with Gasteiger partial charge in [0.25, 0.3) is 5.56 Å². The molecule has 0 aliphatic heterocycles. The molecule has 3 heterocycles. The largest absolute Gasteiger partial charge is 0.285 e. The van der Waals surface area contributed by atoms with E-state index in [9.17, 15) is 9.18 Å². The van der Waals surface area contributed by atoms with Crippen molar-refractivity contribution in [2.75, 3.05) is 0 Å². The van der Waals surface area contributed by atoms with E-state index in [1.165, 1.54) is 16.7 Å². The Balaban J connectivity index is 1.79. The van der Waals surface area contributed by atoms with Gasteiger partial charge in [-0.3, -0.25) is 9.36 Å². The molecule has 0 aliphatic rings. The molecule has 0 bridgehead atoms. The lowest BCUT2D eigenvalue weighted by Gasteiger charge is -2.07. The molecule has 0 saturated heterocycles. The van der Waals surface area contributed by atoms with Gasteiger partial charge in [-0.2, -0.15) is 5.10 Å². The Hall–Kier alpha value is -3.87. The summed E-state index contributed by atoms with van der Waals surface area (Å²) in [5.41, 5.74) is 4.00. The summed E-state index contributed by atoms with van der Waals surface area (Å²) >= 11 is 0. The zero-order chi connectivity index (χ0) is 19.3. The third-order valence-corrected chi connectivity index (χ3v) is 4.70. The molecule has 28 heavy (non-hydrogen) atoms. The molecular weight excluding hydrogens is 357 g/mol. The Morgan fingerprint density at radius 1 is 0.964 bits per heavy atom. The van der Waals surface area contributed by atoms with Crippen molar-refractivity contribution in [2.45, 2.75) is 6.92 Å². The fraction of sp³-hybridized carbons (Fsp3) is 0.0476. The second kappa shape index (κ2) is 6.09. The summed E-state index contributed by atoms with van der Waals surface area (Å²) in [6.45, 7) is 1.90. The number of rotatable bonds is 2. The Morgan fingerprint density at radius 3 is 2.57 bits per heavy atom. The van der Waals surface area contributed by atoms with Crippen LogP contribution in [-0.4, -0.2) is 24.4 Å². The predicted molar refractivity (Wildman–Crippen MR) is 104 cm³/mol. The van der Waals surface area contributed by atoms with Crippen molar-refractivity contribution in [1.82, 2.24) is 24.4 Å². The maximum absolute atomic E-state index is 13.6. The van der Waals surface area contributed by atoms with E-state index in [0.29, 0.717) is 16.9 Å². The van der Waals surface area contributed by atoms with E-state index in [1.54, 1.807) is 28.9 Å². The quantitative estimate of drug-likeness (QED) is 0.476. The van der Waals surface area contributed by atoms with E-state index in [-0.39, 0.29) is 11.1 Å². The van der Waals surface area contributed by atoms with Gasteiger partial charge in [0.2, 0.25) is 0 Å². The maximum Gasteiger partial charge on any atom is 0.285 e. The van der Waals surface area contributed by atoms with E-state index >= 15 is 0 Å². The lowest BCUT2D eigenvalue weighted by molar-refractivity contribution is 0.626. The summed E-state index contributed by atoms with van der Waals surface area (Å²) in [6.07, 6.45) is 1.60. The average Bonchev–Trinajstić information content (AvgIpc) is 3.05. The van der Waals surface area contributed by atoms with Crippen molar-refractivity contribution in [3.8, 4) is 16.8 Å². The SMILES string of the molecule is Cc1nn2c(nnc3c(=O)n(-c4cccc(F)c4)ccc32)c1-c1ccccc1. The third kappa shape index (κ3) is 2.40. The van der Waals surface area contributed by atoms with E-state index in [4.69, 9.17) is 0 Å². The number of aryl methyl sites for hydroxylation is 1. The predicted octanol–water partition coefficient (Wildman–Crippen LogP) is 3.54. The van der Waals surface area contributed by atoms with Gasteiger partial charge < -0.3 is 0 Å². The number of benzene rings is 2. The Morgan fingerprint density at radius 2 is 1.79 bits per heavy atom. The average molecular weight is 371 g/mol. The fourth-order valence-electron chi connectivity index (χ4n) is 3.43. The van der Waals surface area contributed by atoms with Crippen LogP contribution in [0.25, 0.3) is 33.5 Å². The van der Waals surface area contributed by atoms with Crippen molar-refractivity contribution in [2.24, 2.45) is 0 Å². The Bertz CT molecular complexity index is 1410. The molecule has 0 unspecified atom stereocenters. The molecule has 0 aliphatic carbocycles. The monoisotopic (exact) mass is 371 g/mol. The highest BCUT2D eigenvalue weighted by atomic mass is 19.1. The van der Waals surface area contributed by atoms with Crippen LogP contribution in [0.4, 0.5) is 4.39 Å². The molecule has 0 atom stereocenters. The number of hydrogen-bond donors (Lipinski definition) is 0. The van der Waals surface area contributed by atoms with Gasteiger partial charge in [0.15, 0.2) is 11.2 Å². The number of aromatic nitrogens is 5. The van der Waals surface area contributed by atoms with Crippen molar-refractivity contribution in [1.29, 1.82) is 0 Å². The van der Waals surface area contributed by atoms with Gasteiger partial charge in [-0.05, 0) is 36.8 Å². The van der Waals surface area contributed by atoms with Gasteiger partial charge in [-0.25, -0.2) is 8.91 Å². The molecule has 7 heteroatoms. The molecule has 3 aromatic heterocycles. The van der Waals surface area contributed by atoms with Gasteiger partial charge in [-0.15, -0.1) is 10.2 Å². The molecule has 0 radical (unpaired) electrons. The first-order valence-electron chi connectivity index (χ1n) is 8.72. The van der Waals surface area contributed by atoms with Crippen LogP contribution in [-0.2, 0) is 0 Å². The van der Waals surface area contributed by atoms with Gasteiger partial charge >= 0.3 is 0 Å². The number of nitrogens with zero attached hydrogens (tertiary/aromatic N) is 5. The lowest BCUT2D eigenvalue weighted by atomic mass is 10.1. The summed E-state index contributed by atoms with van der Waals surface area (Å²) in [7, 11) is 0. The number of pyridine rings is 1. The first kappa shape index (κ1) is 16.3. The zero-order valence-electron chi connectivity index (χ0n) is 14.9. The number of hydrogen-bond acceptors (Lipinski definition) is 4. The first-order chi connectivity index (χ1) is 13.6. The van der Waals surface area contributed by atoms with Crippen LogP contribution in [0.1, 0.15) is 5.69 Å². The fourth-order valence-corrected chi connectivity index (χ4v) is 3.43. The van der Waals surface area contributed by atoms with Crippen molar-refractivity contribution in [3.63, 3.8) is 0 Å².